The number of ether oxygens (including phenoxy) is 1. The van der Waals surface area contributed by atoms with Gasteiger partial charge in [-0.3, -0.25) is 4.40 Å². The Morgan fingerprint density at radius 2 is 1.87 bits per heavy atom. The summed E-state index contributed by atoms with van der Waals surface area (Å²) in [4.78, 5) is 14.2. The molecular formula is C17H25N5O. The van der Waals surface area contributed by atoms with Gasteiger partial charge in [0.15, 0.2) is 11.5 Å². The minimum absolute atomic E-state index is 0.598. The number of likely N-dealkylation sites (tertiary alicyclic amines) is 1. The molecule has 23 heavy (non-hydrogen) atoms. The lowest BCUT2D eigenvalue weighted by molar-refractivity contribution is 0.122. The van der Waals surface area contributed by atoms with E-state index in [1.165, 1.54) is 31.6 Å². The van der Waals surface area contributed by atoms with Crippen molar-refractivity contribution in [2.75, 3.05) is 51.3 Å². The van der Waals surface area contributed by atoms with E-state index < -0.39 is 0 Å². The number of nitrogens with zero attached hydrogens (tertiary/aromatic N) is 5. The van der Waals surface area contributed by atoms with Gasteiger partial charge in [0, 0.05) is 37.1 Å². The van der Waals surface area contributed by atoms with E-state index in [1.54, 1.807) is 0 Å². The van der Waals surface area contributed by atoms with E-state index in [1.807, 2.05) is 6.20 Å². The number of hydrogen-bond donors (Lipinski definition) is 0. The molecule has 2 fully saturated rings. The van der Waals surface area contributed by atoms with E-state index in [-0.39, 0.29) is 0 Å². The lowest BCUT2D eigenvalue weighted by atomic mass is 9.92. The predicted octanol–water partition coefficient (Wildman–Crippen LogP) is 1.68. The lowest BCUT2D eigenvalue weighted by Crippen LogP contribution is -2.37. The molecule has 6 heteroatoms. The molecule has 0 aliphatic carbocycles. The molecule has 0 spiro atoms. The number of piperidine rings is 1. The molecule has 124 valence electrons. The van der Waals surface area contributed by atoms with Crippen molar-refractivity contribution in [2.24, 2.45) is 0 Å². The van der Waals surface area contributed by atoms with Crippen molar-refractivity contribution in [1.29, 1.82) is 0 Å². The number of aromatic nitrogens is 3. The number of fused-ring (bicyclic) bond motifs is 1. The van der Waals surface area contributed by atoms with Crippen molar-refractivity contribution in [3.63, 3.8) is 0 Å². The van der Waals surface area contributed by atoms with Gasteiger partial charge in [0.1, 0.15) is 0 Å². The number of rotatable bonds is 2. The summed E-state index contributed by atoms with van der Waals surface area (Å²) >= 11 is 0. The first kappa shape index (κ1) is 14.9. The van der Waals surface area contributed by atoms with Gasteiger partial charge in [-0.2, -0.15) is 0 Å². The second-order valence-electron chi connectivity index (χ2n) is 6.70. The Hall–Kier alpha value is -1.66. The van der Waals surface area contributed by atoms with Crippen molar-refractivity contribution in [2.45, 2.75) is 25.7 Å². The van der Waals surface area contributed by atoms with Gasteiger partial charge in [-0.15, -0.1) is 0 Å². The molecule has 0 saturated carbocycles. The van der Waals surface area contributed by atoms with Gasteiger partial charge in [-0.1, -0.05) is 0 Å². The van der Waals surface area contributed by atoms with E-state index in [0.717, 1.165) is 43.5 Å². The predicted molar refractivity (Wildman–Crippen MR) is 90.2 cm³/mol. The Morgan fingerprint density at radius 3 is 2.61 bits per heavy atom. The highest BCUT2D eigenvalue weighted by molar-refractivity contribution is 5.66. The normalized spacial score (nSPS) is 21.2. The first-order valence-corrected chi connectivity index (χ1v) is 8.59. The molecule has 0 unspecified atom stereocenters. The van der Waals surface area contributed by atoms with Crippen LogP contribution in [0.2, 0.25) is 0 Å². The highest BCUT2D eigenvalue weighted by Gasteiger charge is 2.26. The zero-order valence-corrected chi connectivity index (χ0v) is 14.0. The summed E-state index contributed by atoms with van der Waals surface area (Å²) in [6.07, 6.45) is 6.41. The fourth-order valence-corrected chi connectivity index (χ4v) is 3.87. The monoisotopic (exact) mass is 315 g/mol. The molecule has 4 rings (SSSR count). The second kappa shape index (κ2) is 6.09. The van der Waals surface area contributed by atoms with Gasteiger partial charge in [0.2, 0.25) is 0 Å². The molecule has 2 aromatic rings. The summed E-state index contributed by atoms with van der Waals surface area (Å²) in [5.41, 5.74) is 3.54. The van der Waals surface area contributed by atoms with Crippen LogP contribution in [0.3, 0.4) is 0 Å². The van der Waals surface area contributed by atoms with Crippen LogP contribution in [0.15, 0.2) is 12.4 Å². The molecule has 0 N–H and O–H groups in total. The van der Waals surface area contributed by atoms with E-state index in [2.05, 4.69) is 39.4 Å². The third-order valence-corrected chi connectivity index (χ3v) is 5.16. The second-order valence-corrected chi connectivity index (χ2v) is 6.70. The first-order chi connectivity index (χ1) is 11.2. The molecule has 4 heterocycles. The summed E-state index contributed by atoms with van der Waals surface area (Å²) in [7, 11) is 2.21. The van der Waals surface area contributed by atoms with Gasteiger partial charge in [-0.05, 0) is 39.9 Å². The van der Waals surface area contributed by atoms with Crippen molar-refractivity contribution in [3.05, 3.63) is 23.8 Å². The fraction of sp³-hybridized carbons (Fsp3) is 0.647. The van der Waals surface area contributed by atoms with Crippen LogP contribution in [0.4, 0.5) is 5.82 Å². The summed E-state index contributed by atoms with van der Waals surface area (Å²) < 4.78 is 7.75. The van der Waals surface area contributed by atoms with Crippen molar-refractivity contribution < 1.29 is 4.74 Å². The average Bonchev–Trinajstić information content (AvgIpc) is 2.92. The van der Waals surface area contributed by atoms with Gasteiger partial charge in [0.05, 0.1) is 18.9 Å². The number of anilines is 1. The molecule has 0 aromatic carbocycles. The van der Waals surface area contributed by atoms with Crippen LogP contribution < -0.4 is 4.90 Å². The Morgan fingerprint density at radius 1 is 1.13 bits per heavy atom. The SMILES string of the molecule is Cc1nc2c(N3CCOCC3)nccn2c1C1CCN(C)CC1. The molecule has 6 nitrogen and oxygen atoms in total. The van der Waals surface area contributed by atoms with Crippen LogP contribution >= 0.6 is 0 Å². The highest BCUT2D eigenvalue weighted by atomic mass is 16.5. The van der Waals surface area contributed by atoms with E-state index in [9.17, 15) is 0 Å². The minimum atomic E-state index is 0.598. The van der Waals surface area contributed by atoms with Gasteiger partial charge in [-0.25, -0.2) is 9.97 Å². The van der Waals surface area contributed by atoms with Crippen LogP contribution in [0.25, 0.3) is 5.65 Å². The number of morpholine rings is 1. The van der Waals surface area contributed by atoms with E-state index in [0.29, 0.717) is 5.92 Å². The van der Waals surface area contributed by atoms with E-state index >= 15 is 0 Å². The summed E-state index contributed by atoms with van der Waals surface area (Å²) in [5, 5.41) is 0. The van der Waals surface area contributed by atoms with Gasteiger partial charge >= 0.3 is 0 Å². The third-order valence-electron chi connectivity index (χ3n) is 5.16. The molecule has 2 aliphatic rings. The van der Waals surface area contributed by atoms with Crippen LogP contribution in [0.5, 0.6) is 0 Å². The van der Waals surface area contributed by atoms with E-state index in [4.69, 9.17) is 9.72 Å². The topological polar surface area (TPSA) is 45.9 Å². The zero-order valence-electron chi connectivity index (χ0n) is 14.0. The Bertz CT molecular complexity index is 684. The molecule has 0 bridgehead atoms. The molecular weight excluding hydrogens is 290 g/mol. The van der Waals surface area contributed by atoms with Crippen LogP contribution in [0.1, 0.15) is 30.1 Å². The van der Waals surface area contributed by atoms with Crippen molar-refractivity contribution in [1.82, 2.24) is 19.3 Å². The zero-order chi connectivity index (χ0) is 15.8. The summed E-state index contributed by atoms with van der Waals surface area (Å²) in [6.45, 7) is 7.79. The molecule has 2 aromatic heterocycles. The van der Waals surface area contributed by atoms with Gasteiger partial charge < -0.3 is 14.5 Å². The van der Waals surface area contributed by atoms with Crippen LogP contribution in [0, 0.1) is 6.92 Å². The maximum atomic E-state index is 5.47. The smallest absolute Gasteiger partial charge is 0.180 e. The Kier molecular flexibility index (Phi) is 3.95. The number of aryl methyl sites for hydroxylation is 1. The molecule has 2 aliphatic heterocycles. The minimum Gasteiger partial charge on any atom is -0.378 e. The molecule has 0 amide bonds. The summed E-state index contributed by atoms with van der Waals surface area (Å²) in [6, 6.07) is 0. The first-order valence-electron chi connectivity index (χ1n) is 8.59. The Balaban J connectivity index is 1.73. The Labute approximate surface area is 137 Å². The largest absolute Gasteiger partial charge is 0.378 e. The lowest BCUT2D eigenvalue weighted by Gasteiger charge is -2.29. The van der Waals surface area contributed by atoms with Crippen LogP contribution in [-0.2, 0) is 4.74 Å². The maximum Gasteiger partial charge on any atom is 0.180 e. The summed E-state index contributed by atoms with van der Waals surface area (Å²) in [5.74, 6) is 1.60. The standard InChI is InChI=1S/C17H25N5O/c1-13-15(14-3-6-20(2)7-4-14)22-8-5-18-16(17(22)19-13)21-9-11-23-12-10-21/h5,8,14H,3-4,6-7,9-12H2,1-2H3. The third kappa shape index (κ3) is 2.70. The molecule has 2 saturated heterocycles. The van der Waals surface area contributed by atoms with Crippen LogP contribution in [-0.4, -0.2) is 65.7 Å². The number of hydrogen-bond acceptors (Lipinski definition) is 5. The molecule has 0 atom stereocenters. The fourth-order valence-electron chi connectivity index (χ4n) is 3.87. The van der Waals surface area contributed by atoms with Crippen molar-refractivity contribution >= 4 is 11.5 Å². The highest BCUT2D eigenvalue weighted by Crippen LogP contribution is 2.32. The van der Waals surface area contributed by atoms with Gasteiger partial charge in [0.25, 0.3) is 0 Å². The van der Waals surface area contributed by atoms with Crippen molar-refractivity contribution in [3.8, 4) is 0 Å². The maximum absolute atomic E-state index is 5.47. The number of imidazole rings is 1. The quantitative estimate of drug-likeness (QED) is 0.844. The average molecular weight is 315 g/mol. The molecule has 0 radical (unpaired) electrons.